The summed E-state index contributed by atoms with van der Waals surface area (Å²) in [6.45, 7) is 1.56. The lowest BCUT2D eigenvalue weighted by Crippen LogP contribution is -2.40. The van der Waals surface area contributed by atoms with Crippen molar-refractivity contribution < 1.29 is 9.90 Å². The normalized spacial score (nSPS) is 13.5. The Morgan fingerprint density at radius 3 is 2.19 bits per heavy atom. The summed E-state index contributed by atoms with van der Waals surface area (Å²) < 4.78 is 0. The second kappa shape index (κ2) is 6.14. The fourth-order valence-electron chi connectivity index (χ4n) is 1.88. The van der Waals surface area contributed by atoms with Crippen LogP contribution in [0.25, 0.3) is 0 Å². The van der Waals surface area contributed by atoms with Gasteiger partial charge in [-0.15, -0.1) is 0 Å². The van der Waals surface area contributed by atoms with Gasteiger partial charge in [0, 0.05) is 10.7 Å². The molecule has 0 aliphatic heterocycles. The van der Waals surface area contributed by atoms with E-state index in [1.165, 1.54) is 0 Å². The molecule has 0 aromatic heterocycles. The minimum absolute atomic E-state index is 0.305. The van der Waals surface area contributed by atoms with Gasteiger partial charge in [-0.05, 0) is 48.9 Å². The van der Waals surface area contributed by atoms with Crippen molar-refractivity contribution in [2.75, 3.05) is 5.32 Å². The summed E-state index contributed by atoms with van der Waals surface area (Å²) >= 11 is 17.7. The molecule has 0 saturated heterocycles. The van der Waals surface area contributed by atoms with E-state index in [0.717, 1.165) is 0 Å². The Bertz CT molecular complexity index is 673. The minimum atomic E-state index is -1.35. The van der Waals surface area contributed by atoms with Gasteiger partial charge in [-0.25, -0.2) is 4.79 Å². The van der Waals surface area contributed by atoms with Gasteiger partial charge in [0.25, 0.3) is 0 Å². The molecule has 2 aromatic carbocycles. The molecule has 0 spiro atoms. The number of rotatable bonds is 4. The number of carboxylic acids is 1. The van der Waals surface area contributed by atoms with Crippen molar-refractivity contribution in [1.29, 1.82) is 0 Å². The molecule has 0 heterocycles. The standard InChI is InChI=1S/C15H12Cl3NO2/c1-15(14(20)21,9-2-7-12(17)13(18)8-9)19-11-5-3-10(16)4-6-11/h2-8,19H,1H3,(H,20,21). The number of hydrogen-bond acceptors (Lipinski definition) is 2. The Hall–Kier alpha value is -1.42. The van der Waals surface area contributed by atoms with Crippen molar-refractivity contribution in [2.45, 2.75) is 12.5 Å². The van der Waals surface area contributed by atoms with Gasteiger partial charge < -0.3 is 10.4 Å². The van der Waals surface area contributed by atoms with Crippen LogP contribution in [0.3, 0.4) is 0 Å². The van der Waals surface area contributed by atoms with E-state index in [1.54, 1.807) is 49.4 Å². The van der Waals surface area contributed by atoms with Crippen LogP contribution in [-0.4, -0.2) is 11.1 Å². The van der Waals surface area contributed by atoms with Crippen molar-refractivity contribution >= 4 is 46.5 Å². The smallest absolute Gasteiger partial charge is 0.333 e. The Morgan fingerprint density at radius 1 is 1.05 bits per heavy atom. The van der Waals surface area contributed by atoms with Crippen molar-refractivity contribution in [3.63, 3.8) is 0 Å². The second-order valence-electron chi connectivity index (χ2n) is 4.69. The largest absolute Gasteiger partial charge is 0.479 e. The first kappa shape index (κ1) is 16.0. The number of nitrogens with one attached hydrogen (secondary N) is 1. The Morgan fingerprint density at radius 2 is 1.67 bits per heavy atom. The molecular formula is C15H12Cl3NO2. The van der Waals surface area contributed by atoms with E-state index in [2.05, 4.69) is 5.32 Å². The number of benzene rings is 2. The molecule has 0 radical (unpaired) electrons. The van der Waals surface area contributed by atoms with Crippen molar-refractivity contribution in [1.82, 2.24) is 0 Å². The van der Waals surface area contributed by atoms with E-state index in [4.69, 9.17) is 34.8 Å². The molecule has 0 saturated carbocycles. The van der Waals surface area contributed by atoms with Gasteiger partial charge in [0.2, 0.25) is 0 Å². The molecule has 6 heteroatoms. The van der Waals surface area contributed by atoms with Crippen LogP contribution in [0.1, 0.15) is 12.5 Å². The third-order valence-electron chi connectivity index (χ3n) is 3.16. The van der Waals surface area contributed by atoms with Gasteiger partial charge in [-0.3, -0.25) is 0 Å². The third-order valence-corrected chi connectivity index (χ3v) is 4.15. The number of anilines is 1. The summed E-state index contributed by atoms with van der Waals surface area (Å²) in [7, 11) is 0. The number of halogens is 3. The Balaban J connectivity index is 2.42. The summed E-state index contributed by atoms with van der Waals surface area (Å²) in [6.07, 6.45) is 0. The number of carboxylic acid groups (broad SMARTS) is 1. The maximum Gasteiger partial charge on any atom is 0.333 e. The second-order valence-corrected chi connectivity index (χ2v) is 5.94. The van der Waals surface area contributed by atoms with Crippen molar-refractivity contribution in [3.8, 4) is 0 Å². The first-order valence-electron chi connectivity index (χ1n) is 6.05. The van der Waals surface area contributed by atoms with Crippen LogP contribution in [0.5, 0.6) is 0 Å². The zero-order valence-electron chi connectivity index (χ0n) is 11.0. The Kier molecular flexibility index (Phi) is 4.67. The number of aliphatic carboxylic acids is 1. The molecule has 21 heavy (non-hydrogen) atoms. The molecule has 0 bridgehead atoms. The first-order chi connectivity index (χ1) is 9.83. The van der Waals surface area contributed by atoms with Crippen LogP contribution in [-0.2, 0) is 10.3 Å². The average molecular weight is 345 g/mol. The van der Waals surface area contributed by atoms with Gasteiger partial charge in [-0.2, -0.15) is 0 Å². The monoisotopic (exact) mass is 343 g/mol. The highest BCUT2D eigenvalue weighted by atomic mass is 35.5. The topological polar surface area (TPSA) is 49.3 Å². The predicted molar refractivity (Wildman–Crippen MR) is 86.5 cm³/mol. The highest BCUT2D eigenvalue weighted by Gasteiger charge is 2.35. The van der Waals surface area contributed by atoms with E-state index in [-0.39, 0.29) is 0 Å². The average Bonchev–Trinajstić information content (AvgIpc) is 2.44. The summed E-state index contributed by atoms with van der Waals surface area (Å²) in [5, 5.41) is 13.8. The van der Waals surface area contributed by atoms with Crippen LogP contribution in [0.15, 0.2) is 42.5 Å². The van der Waals surface area contributed by atoms with Gasteiger partial charge in [0.15, 0.2) is 5.54 Å². The Labute approximate surface area is 137 Å². The molecule has 1 unspecified atom stereocenters. The van der Waals surface area contributed by atoms with Gasteiger partial charge in [-0.1, -0.05) is 40.9 Å². The SMILES string of the molecule is CC(Nc1ccc(Cl)cc1)(C(=O)O)c1ccc(Cl)c(Cl)c1. The van der Waals surface area contributed by atoms with E-state index in [0.29, 0.717) is 26.3 Å². The molecule has 0 aliphatic rings. The van der Waals surface area contributed by atoms with Crippen LogP contribution in [0.2, 0.25) is 15.1 Å². The molecular weight excluding hydrogens is 333 g/mol. The highest BCUT2D eigenvalue weighted by Crippen LogP contribution is 2.32. The summed E-state index contributed by atoms with van der Waals surface area (Å²) in [4.78, 5) is 11.7. The van der Waals surface area contributed by atoms with Crippen molar-refractivity contribution in [3.05, 3.63) is 63.1 Å². The predicted octanol–water partition coefficient (Wildman–Crippen LogP) is 5.06. The number of hydrogen-bond donors (Lipinski definition) is 2. The minimum Gasteiger partial charge on any atom is -0.479 e. The zero-order chi connectivity index (χ0) is 15.6. The molecule has 1 atom stereocenters. The van der Waals surface area contributed by atoms with Crippen LogP contribution in [0, 0.1) is 0 Å². The molecule has 110 valence electrons. The van der Waals surface area contributed by atoms with E-state index < -0.39 is 11.5 Å². The quantitative estimate of drug-likeness (QED) is 0.815. The molecule has 0 aliphatic carbocycles. The zero-order valence-corrected chi connectivity index (χ0v) is 13.3. The van der Waals surface area contributed by atoms with Crippen LogP contribution in [0.4, 0.5) is 5.69 Å². The molecule has 3 nitrogen and oxygen atoms in total. The van der Waals surface area contributed by atoms with E-state index >= 15 is 0 Å². The van der Waals surface area contributed by atoms with Crippen LogP contribution >= 0.6 is 34.8 Å². The molecule has 2 aromatic rings. The first-order valence-corrected chi connectivity index (χ1v) is 7.19. The van der Waals surface area contributed by atoms with E-state index in [9.17, 15) is 9.90 Å². The lowest BCUT2D eigenvalue weighted by molar-refractivity contribution is -0.142. The summed E-state index contributed by atoms with van der Waals surface area (Å²) in [6, 6.07) is 11.5. The maximum atomic E-state index is 11.7. The fraction of sp³-hybridized carbons (Fsp3) is 0.133. The fourth-order valence-corrected chi connectivity index (χ4v) is 2.30. The molecule has 0 fully saturated rings. The maximum absolute atomic E-state index is 11.7. The molecule has 2 rings (SSSR count). The third kappa shape index (κ3) is 3.43. The van der Waals surface area contributed by atoms with Gasteiger partial charge >= 0.3 is 5.97 Å². The van der Waals surface area contributed by atoms with Gasteiger partial charge in [0.05, 0.1) is 10.0 Å². The number of carbonyl (C=O) groups is 1. The summed E-state index contributed by atoms with van der Waals surface area (Å²) in [5.41, 5.74) is -0.211. The lowest BCUT2D eigenvalue weighted by atomic mass is 9.91. The van der Waals surface area contributed by atoms with Crippen molar-refractivity contribution in [2.24, 2.45) is 0 Å². The molecule has 0 amide bonds. The summed E-state index contributed by atoms with van der Waals surface area (Å²) in [5.74, 6) is -1.03. The highest BCUT2D eigenvalue weighted by molar-refractivity contribution is 6.42. The molecule has 2 N–H and O–H groups in total. The van der Waals surface area contributed by atoms with Crippen LogP contribution < -0.4 is 5.32 Å². The lowest BCUT2D eigenvalue weighted by Gasteiger charge is -2.28. The van der Waals surface area contributed by atoms with Gasteiger partial charge in [0.1, 0.15) is 0 Å². The van der Waals surface area contributed by atoms with E-state index in [1.807, 2.05) is 0 Å².